The summed E-state index contributed by atoms with van der Waals surface area (Å²) in [7, 11) is 1.99. The van der Waals surface area contributed by atoms with Crippen molar-refractivity contribution in [2.45, 2.75) is 0 Å². The third kappa shape index (κ3) is 2.62. The minimum atomic E-state index is 0.795. The van der Waals surface area contributed by atoms with Crippen molar-refractivity contribution in [1.29, 1.82) is 0 Å². The molecule has 0 saturated carbocycles. The van der Waals surface area contributed by atoms with Crippen LogP contribution in [0.1, 0.15) is 5.76 Å². The second kappa shape index (κ2) is 5.71. The summed E-state index contributed by atoms with van der Waals surface area (Å²) in [5.41, 5.74) is 1.16. The predicted octanol–water partition coefficient (Wildman–Crippen LogP) is 3.43. The van der Waals surface area contributed by atoms with Gasteiger partial charge in [-0.1, -0.05) is 23.5 Å². The van der Waals surface area contributed by atoms with Crippen LogP contribution >= 0.6 is 11.3 Å². The fourth-order valence-corrected chi connectivity index (χ4v) is 2.80. The highest BCUT2D eigenvalue weighted by Gasteiger charge is 1.99. The van der Waals surface area contributed by atoms with Gasteiger partial charge in [0.1, 0.15) is 5.76 Å². The highest BCUT2D eigenvalue weighted by molar-refractivity contribution is 7.16. The summed E-state index contributed by atoms with van der Waals surface area (Å²) in [4.78, 5) is 0.869. The molecule has 3 rings (SSSR count). The number of thiazole rings is 1. The van der Waals surface area contributed by atoms with Crippen molar-refractivity contribution in [3.05, 3.63) is 59.3 Å². The van der Waals surface area contributed by atoms with Gasteiger partial charge in [0.05, 0.1) is 16.5 Å². The summed E-state index contributed by atoms with van der Waals surface area (Å²) in [6, 6.07) is 11.9. The van der Waals surface area contributed by atoms with E-state index in [9.17, 15) is 0 Å². The molecule has 5 heteroatoms. The van der Waals surface area contributed by atoms with Gasteiger partial charge in [-0.15, -0.1) is 5.10 Å². The average molecular weight is 283 g/mol. The van der Waals surface area contributed by atoms with Gasteiger partial charge < -0.3 is 8.98 Å². The van der Waals surface area contributed by atoms with Crippen molar-refractivity contribution in [1.82, 2.24) is 4.57 Å². The first-order valence-corrected chi connectivity index (χ1v) is 6.98. The van der Waals surface area contributed by atoms with Crippen LogP contribution in [-0.4, -0.2) is 10.8 Å². The largest absolute Gasteiger partial charge is 0.465 e. The van der Waals surface area contributed by atoms with E-state index in [4.69, 9.17) is 4.42 Å². The van der Waals surface area contributed by atoms with E-state index in [0.717, 1.165) is 16.1 Å². The van der Waals surface area contributed by atoms with E-state index < -0.39 is 0 Å². The monoisotopic (exact) mass is 283 g/mol. The quantitative estimate of drug-likeness (QED) is 0.536. The Morgan fingerprint density at radius 2 is 2.10 bits per heavy atom. The topological polar surface area (TPSA) is 42.8 Å². The molecule has 3 aromatic rings. The molecule has 0 fully saturated rings. The number of benzene rings is 1. The van der Waals surface area contributed by atoms with Crippen LogP contribution in [0, 0.1) is 0 Å². The van der Waals surface area contributed by atoms with Gasteiger partial charge in [0.15, 0.2) is 0 Å². The Balaban J connectivity index is 1.82. The van der Waals surface area contributed by atoms with Crippen LogP contribution in [-0.2, 0) is 7.05 Å². The molecule has 0 N–H and O–H groups in total. The minimum Gasteiger partial charge on any atom is -0.465 e. The van der Waals surface area contributed by atoms with E-state index in [1.807, 2.05) is 42.0 Å². The molecule has 4 nitrogen and oxygen atoms in total. The van der Waals surface area contributed by atoms with E-state index in [-0.39, 0.29) is 0 Å². The average Bonchev–Trinajstić information content (AvgIpc) is 3.08. The van der Waals surface area contributed by atoms with Crippen molar-refractivity contribution >= 4 is 33.8 Å². The maximum Gasteiger partial charge on any atom is 0.211 e. The molecule has 20 heavy (non-hydrogen) atoms. The normalized spacial score (nSPS) is 13.2. The lowest BCUT2D eigenvalue weighted by Gasteiger charge is -1.92. The highest BCUT2D eigenvalue weighted by atomic mass is 32.1. The van der Waals surface area contributed by atoms with Gasteiger partial charge in [0, 0.05) is 13.3 Å². The number of aryl methyl sites for hydroxylation is 1. The van der Waals surface area contributed by atoms with Gasteiger partial charge in [0.25, 0.3) is 0 Å². The first-order chi connectivity index (χ1) is 9.84. The molecule has 0 spiro atoms. The Bertz CT molecular complexity index is 822. The number of aromatic nitrogens is 1. The molecule has 2 heterocycles. The summed E-state index contributed by atoms with van der Waals surface area (Å²) < 4.78 is 8.42. The minimum absolute atomic E-state index is 0.795. The third-order valence-electron chi connectivity index (χ3n) is 2.81. The van der Waals surface area contributed by atoms with Gasteiger partial charge >= 0.3 is 0 Å². The number of hydrogen-bond donors (Lipinski definition) is 0. The van der Waals surface area contributed by atoms with Gasteiger partial charge in [-0.3, -0.25) is 0 Å². The fraction of sp³-hybridized carbons (Fsp3) is 0.0667. The molecule has 100 valence electrons. The standard InChI is InChI=1S/C15H13N3OS/c1-18-13-8-2-3-9-14(13)20-15(18)17-16-10-4-6-12-7-5-11-19-12/h2-11H,1H3/b6-4+,16-10+,17-15-. The molecule has 0 aliphatic rings. The summed E-state index contributed by atoms with van der Waals surface area (Å²) in [6.07, 6.45) is 6.92. The van der Waals surface area contributed by atoms with Crippen LogP contribution < -0.4 is 4.80 Å². The van der Waals surface area contributed by atoms with Crippen LogP contribution in [0.25, 0.3) is 16.3 Å². The zero-order valence-electron chi connectivity index (χ0n) is 10.9. The molecule has 0 unspecified atom stereocenters. The SMILES string of the molecule is Cn1/c(=N/N=C/C=C/c2ccco2)sc2ccccc21. The second-order valence-electron chi connectivity index (χ2n) is 4.15. The molecule has 0 atom stereocenters. The Kier molecular flexibility index (Phi) is 3.60. The number of furan rings is 1. The molecular formula is C15H13N3OS. The van der Waals surface area contributed by atoms with Crippen molar-refractivity contribution in [2.24, 2.45) is 17.3 Å². The molecule has 1 aromatic carbocycles. The molecular weight excluding hydrogens is 270 g/mol. The van der Waals surface area contributed by atoms with Gasteiger partial charge in [-0.2, -0.15) is 5.10 Å². The maximum absolute atomic E-state index is 5.18. The van der Waals surface area contributed by atoms with E-state index in [0.29, 0.717) is 0 Å². The van der Waals surface area contributed by atoms with Crippen LogP contribution in [0.15, 0.2) is 63.4 Å². The Morgan fingerprint density at radius 3 is 2.90 bits per heavy atom. The first kappa shape index (κ1) is 12.6. The van der Waals surface area contributed by atoms with Crippen LogP contribution in [0.2, 0.25) is 0 Å². The number of nitrogens with zero attached hydrogens (tertiary/aromatic N) is 3. The number of para-hydroxylation sites is 1. The van der Waals surface area contributed by atoms with E-state index in [1.54, 1.807) is 29.9 Å². The number of rotatable bonds is 3. The van der Waals surface area contributed by atoms with Crippen LogP contribution in [0.5, 0.6) is 0 Å². The summed E-state index contributed by atoms with van der Waals surface area (Å²) in [6.45, 7) is 0. The van der Waals surface area contributed by atoms with Crippen LogP contribution in [0.4, 0.5) is 0 Å². The second-order valence-corrected chi connectivity index (χ2v) is 5.16. The van der Waals surface area contributed by atoms with E-state index >= 15 is 0 Å². The zero-order chi connectivity index (χ0) is 13.8. The third-order valence-corrected chi connectivity index (χ3v) is 3.92. The lowest BCUT2D eigenvalue weighted by molar-refractivity contribution is 0.557. The number of allylic oxidation sites excluding steroid dienone is 1. The zero-order valence-corrected chi connectivity index (χ0v) is 11.7. The molecule has 0 radical (unpaired) electrons. The lowest BCUT2D eigenvalue weighted by Crippen LogP contribution is -2.08. The molecule has 0 bridgehead atoms. The fourth-order valence-electron chi connectivity index (χ4n) is 1.82. The number of fused-ring (bicyclic) bond motifs is 1. The molecule has 0 aliphatic heterocycles. The molecule has 0 saturated heterocycles. The van der Waals surface area contributed by atoms with E-state index in [1.165, 1.54) is 4.70 Å². The Morgan fingerprint density at radius 1 is 1.20 bits per heavy atom. The maximum atomic E-state index is 5.18. The van der Waals surface area contributed by atoms with Crippen molar-refractivity contribution in [3.63, 3.8) is 0 Å². The van der Waals surface area contributed by atoms with Gasteiger partial charge in [0.2, 0.25) is 4.80 Å². The molecule has 0 amide bonds. The number of hydrogen-bond acceptors (Lipinski definition) is 4. The lowest BCUT2D eigenvalue weighted by atomic mass is 10.3. The molecule has 0 aliphatic carbocycles. The summed E-state index contributed by atoms with van der Waals surface area (Å²) >= 11 is 1.62. The predicted molar refractivity (Wildman–Crippen MR) is 82.6 cm³/mol. The van der Waals surface area contributed by atoms with Gasteiger partial charge in [-0.25, -0.2) is 0 Å². The van der Waals surface area contributed by atoms with Crippen LogP contribution in [0.3, 0.4) is 0 Å². The first-order valence-electron chi connectivity index (χ1n) is 6.16. The summed E-state index contributed by atoms with van der Waals surface area (Å²) in [5, 5.41) is 8.29. The molecule has 2 aromatic heterocycles. The Hall–Kier alpha value is -2.40. The Labute approximate surface area is 120 Å². The van der Waals surface area contributed by atoms with E-state index in [2.05, 4.69) is 22.3 Å². The van der Waals surface area contributed by atoms with Crippen molar-refractivity contribution in [2.75, 3.05) is 0 Å². The highest BCUT2D eigenvalue weighted by Crippen LogP contribution is 2.14. The summed E-state index contributed by atoms with van der Waals surface area (Å²) in [5.74, 6) is 0.795. The van der Waals surface area contributed by atoms with Crippen molar-refractivity contribution < 1.29 is 4.42 Å². The van der Waals surface area contributed by atoms with Gasteiger partial charge in [-0.05, 0) is 36.4 Å². The van der Waals surface area contributed by atoms with Crippen molar-refractivity contribution in [3.8, 4) is 0 Å². The smallest absolute Gasteiger partial charge is 0.211 e.